The van der Waals surface area contributed by atoms with E-state index in [9.17, 15) is 8.42 Å². The predicted octanol–water partition coefficient (Wildman–Crippen LogP) is 2.82. The summed E-state index contributed by atoms with van der Waals surface area (Å²) in [6, 6.07) is 8.21. The smallest absolute Gasteiger partial charge is 0.271 e. The van der Waals surface area contributed by atoms with Gasteiger partial charge in [0.05, 0.1) is 17.3 Å². The van der Waals surface area contributed by atoms with Gasteiger partial charge in [-0.25, -0.2) is 8.42 Å². The molecule has 0 saturated carbocycles. The average Bonchev–Trinajstić information content (AvgIpc) is 2.87. The number of halogens is 1. The van der Waals surface area contributed by atoms with Crippen molar-refractivity contribution in [3.63, 3.8) is 0 Å². The van der Waals surface area contributed by atoms with Crippen molar-refractivity contribution in [2.45, 2.75) is 11.1 Å². The molecule has 2 rings (SSSR count). The summed E-state index contributed by atoms with van der Waals surface area (Å²) in [5.41, 5.74) is 6.26. The molecule has 0 bridgehead atoms. The Balaban J connectivity index is 2.34. The fraction of sp³-hybridized carbons (Fsp3) is 0.143. The first-order valence-corrected chi connectivity index (χ1v) is 8.68. The molecule has 2 aromatic rings. The van der Waals surface area contributed by atoms with Gasteiger partial charge in [-0.3, -0.25) is 4.72 Å². The molecule has 1 aromatic heterocycles. The number of rotatable bonds is 3. The van der Waals surface area contributed by atoms with Crippen LogP contribution in [-0.4, -0.2) is 15.0 Å². The van der Waals surface area contributed by atoms with E-state index < -0.39 is 10.0 Å². The largest absolute Gasteiger partial charge is 0.320 e. The highest BCUT2D eigenvalue weighted by atomic mass is 35.5. The summed E-state index contributed by atoms with van der Waals surface area (Å²) < 4.78 is 27.3. The van der Waals surface area contributed by atoms with Gasteiger partial charge < -0.3 is 5.73 Å². The molecule has 0 fully saturated rings. The number of hydrogen-bond donors (Lipinski definition) is 2. The minimum Gasteiger partial charge on any atom is -0.320 e. The summed E-state index contributed by atoms with van der Waals surface area (Å²) >= 11 is 7.23. The van der Waals surface area contributed by atoms with Crippen molar-refractivity contribution >= 4 is 38.6 Å². The minimum atomic E-state index is -3.64. The van der Waals surface area contributed by atoms with Gasteiger partial charge in [-0.05, 0) is 37.3 Å². The first kappa shape index (κ1) is 15.9. The summed E-state index contributed by atoms with van der Waals surface area (Å²) in [5.74, 6) is 5.54. The quantitative estimate of drug-likeness (QED) is 0.844. The molecule has 0 aliphatic rings. The highest BCUT2D eigenvalue weighted by Crippen LogP contribution is 2.28. The Labute approximate surface area is 133 Å². The van der Waals surface area contributed by atoms with Crippen LogP contribution >= 0.6 is 22.9 Å². The molecule has 0 saturated heterocycles. The number of thiophene rings is 1. The van der Waals surface area contributed by atoms with Crippen LogP contribution in [0.5, 0.6) is 0 Å². The number of aryl methyl sites for hydroxylation is 1. The molecule has 0 aliphatic heterocycles. The van der Waals surface area contributed by atoms with Gasteiger partial charge in [-0.2, -0.15) is 0 Å². The van der Waals surface area contributed by atoms with Crippen molar-refractivity contribution in [2.24, 2.45) is 5.73 Å². The summed E-state index contributed by atoms with van der Waals surface area (Å²) in [7, 11) is -3.64. The molecule has 0 spiro atoms. The molecule has 0 aliphatic carbocycles. The number of sulfonamides is 1. The van der Waals surface area contributed by atoms with Crippen LogP contribution in [0.25, 0.3) is 0 Å². The Morgan fingerprint density at radius 3 is 2.71 bits per heavy atom. The monoisotopic (exact) mass is 340 g/mol. The van der Waals surface area contributed by atoms with Crippen molar-refractivity contribution in [3.05, 3.63) is 45.8 Å². The van der Waals surface area contributed by atoms with Crippen LogP contribution in [0.1, 0.15) is 10.4 Å². The maximum atomic E-state index is 12.3. The van der Waals surface area contributed by atoms with Crippen LogP contribution in [0.4, 0.5) is 5.69 Å². The van der Waals surface area contributed by atoms with Gasteiger partial charge in [0, 0.05) is 10.4 Å². The Hall–Kier alpha value is -1.52. The molecule has 0 unspecified atom stereocenters. The Kier molecular flexibility index (Phi) is 4.91. The van der Waals surface area contributed by atoms with Gasteiger partial charge in [0.15, 0.2) is 0 Å². The second-order valence-corrected chi connectivity index (χ2v) is 7.78. The van der Waals surface area contributed by atoms with E-state index in [-0.39, 0.29) is 10.8 Å². The third-order valence-electron chi connectivity index (χ3n) is 2.53. The van der Waals surface area contributed by atoms with E-state index in [1.807, 2.05) is 6.92 Å². The Morgan fingerprint density at radius 2 is 2.10 bits per heavy atom. The molecular formula is C14H13ClN2O2S2. The van der Waals surface area contributed by atoms with E-state index in [1.165, 1.54) is 11.3 Å². The summed E-state index contributed by atoms with van der Waals surface area (Å²) in [6.07, 6.45) is 0. The number of benzene rings is 1. The van der Waals surface area contributed by atoms with E-state index in [4.69, 9.17) is 17.3 Å². The predicted molar refractivity (Wildman–Crippen MR) is 87.2 cm³/mol. The van der Waals surface area contributed by atoms with Crippen molar-refractivity contribution in [1.29, 1.82) is 0 Å². The molecular weight excluding hydrogens is 328 g/mol. The molecule has 0 amide bonds. The van der Waals surface area contributed by atoms with Crippen molar-refractivity contribution in [3.8, 4) is 11.8 Å². The SMILES string of the molecule is Cc1ccc(S(=O)(=O)Nc2cc(C#CCN)ccc2Cl)s1. The van der Waals surface area contributed by atoms with E-state index in [1.54, 1.807) is 30.3 Å². The molecule has 1 heterocycles. The normalized spacial score (nSPS) is 10.8. The van der Waals surface area contributed by atoms with E-state index in [2.05, 4.69) is 16.6 Å². The first-order chi connectivity index (χ1) is 9.92. The van der Waals surface area contributed by atoms with Crippen LogP contribution in [0.2, 0.25) is 5.02 Å². The fourth-order valence-corrected chi connectivity index (χ4v) is 4.16. The van der Waals surface area contributed by atoms with Gasteiger partial charge in [0.1, 0.15) is 4.21 Å². The second-order valence-electron chi connectivity index (χ2n) is 4.17. The molecule has 1 aromatic carbocycles. The molecule has 21 heavy (non-hydrogen) atoms. The van der Waals surface area contributed by atoms with E-state index in [0.29, 0.717) is 16.3 Å². The fourth-order valence-electron chi connectivity index (χ4n) is 1.59. The lowest BCUT2D eigenvalue weighted by atomic mass is 10.2. The molecule has 3 N–H and O–H groups in total. The third-order valence-corrected chi connectivity index (χ3v) is 5.71. The maximum Gasteiger partial charge on any atom is 0.271 e. The highest BCUT2D eigenvalue weighted by Gasteiger charge is 2.17. The number of anilines is 1. The van der Waals surface area contributed by atoms with Crippen LogP contribution in [-0.2, 0) is 10.0 Å². The number of nitrogens with one attached hydrogen (secondary N) is 1. The first-order valence-electron chi connectivity index (χ1n) is 6.00. The molecule has 4 nitrogen and oxygen atoms in total. The molecule has 110 valence electrons. The zero-order valence-corrected chi connectivity index (χ0v) is 13.6. The highest BCUT2D eigenvalue weighted by molar-refractivity contribution is 7.94. The maximum absolute atomic E-state index is 12.3. The van der Waals surface area contributed by atoms with Gasteiger partial charge in [-0.15, -0.1) is 11.3 Å². The Bertz CT molecular complexity index is 817. The molecule has 0 radical (unpaired) electrons. The van der Waals surface area contributed by atoms with Gasteiger partial charge in [0.2, 0.25) is 0 Å². The van der Waals surface area contributed by atoms with Gasteiger partial charge >= 0.3 is 0 Å². The van der Waals surface area contributed by atoms with Crippen molar-refractivity contribution in [1.82, 2.24) is 0 Å². The zero-order valence-electron chi connectivity index (χ0n) is 11.2. The summed E-state index contributed by atoms with van der Waals surface area (Å²) in [4.78, 5) is 0.920. The third kappa shape index (κ3) is 3.99. The van der Waals surface area contributed by atoms with E-state index in [0.717, 1.165) is 4.88 Å². The second kappa shape index (κ2) is 6.50. The van der Waals surface area contributed by atoms with Crippen LogP contribution in [0.3, 0.4) is 0 Å². The zero-order chi connectivity index (χ0) is 15.5. The molecule has 0 atom stereocenters. The lowest BCUT2D eigenvalue weighted by Gasteiger charge is -2.08. The topological polar surface area (TPSA) is 72.2 Å². The van der Waals surface area contributed by atoms with Crippen LogP contribution in [0, 0.1) is 18.8 Å². The van der Waals surface area contributed by atoms with Gasteiger partial charge in [-0.1, -0.05) is 23.4 Å². The summed E-state index contributed by atoms with van der Waals surface area (Å²) in [6.45, 7) is 2.08. The number of nitrogens with two attached hydrogens (primary N) is 1. The lowest BCUT2D eigenvalue weighted by molar-refractivity contribution is 0.603. The average molecular weight is 341 g/mol. The van der Waals surface area contributed by atoms with Crippen molar-refractivity contribution in [2.75, 3.05) is 11.3 Å². The van der Waals surface area contributed by atoms with Crippen molar-refractivity contribution < 1.29 is 8.42 Å². The van der Waals surface area contributed by atoms with Crippen LogP contribution < -0.4 is 10.5 Å². The minimum absolute atomic E-state index is 0.234. The number of hydrogen-bond acceptors (Lipinski definition) is 4. The van der Waals surface area contributed by atoms with Crippen LogP contribution in [0.15, 0.2) is 34.5 Å². The summed E-state index contributed by atoms with van der Waals surface area (Å²) in [5, 5.41) is 0.310. The Morgan fingerprint density at radius 1 is 1.33 bits per heavy atom. The van der Waals surface area contributed by atoms with E-state index >= 15 is 0 Å². The lowest BCUT2D eigenvalue weighted by Crippen LogP contribution is -2.11. The van der Waals surface area contributed by atoms with Gasteiger partial charge in [0.25, 0.3) is 10.0 Å². The molecule has 7 heteroatoms. The standard InChI is InChI=1S/C14H13ClN2O2S2/c1-10-4-7-14(20-10)21(18,19)17-13-9-11(3-2-8-16)5-6-12(13)15/h4-7,9,17H,8,16H2,1H3.